The van der Waals surface area contributed by atoms with E-state index in [1.165, 1.54) is 6.07 Å². The van der Waals surface area contributed by atoms with E-state index in [4.69, 9.17) is 18.0 Å². The molecule has 1 aromatic rings. The molecule has 0 spiro atoms. The van der Waals surface area contributed by atoms with E-state index in [-0.39, 0.29) is 11.7 Å². The van der Waals surface area contributed by atoms with Gasteiger partial charge in [0.2, 0.25) is 11.8 Å². The fraction of sp³-hybridized carbons (Fsp3) is 0.143. The van der Waals surface area contributed by atoms with Crippen LogP contribution in [0.4, 0.5) is 5.69 Å². The van der Waals surface area contributed by atoms with E-state index in [1.807, 2.05) is 0 Å². The van der Waals surface area contributed by atoms with Gasteiger partial charge in [0.1, 0.15) is 0 Å². The third-order valence-corrected chi connectivity index (χ3v) is 2.50. The van der Waals surface area contributed by atoms with Crippen LogP contribution in [0.2, 0.25) is 0 Å². The number of hydrogen-bond acceptors (Lipinski definition) is 5. The molecule has 0 fully saturated rings. The van der Waals surface area contributed by atoms with Gasteiger partial charge in [-0.1, -0.05) is 6.07 Å². The van der Waals surface area contributed by atoms with E-state index < -0.39 is 17.8 Å². The third-order valence-electron chi connectivity index (χ3n) is 2.30. The second-order valence-corrected chi connectivity index (χ2v) is 4.38. The lowest BCUT2D eigenvalue weighted by atomic mass is 10.2. The van der Waals surface area contributed by atoms with Gasteiger partial charge >= 0.3 is 5.97 Å². The first kappa shape index (κ1) is 17.3. The summed E-state index contributed by atoms with van der Waals surface area (Å²) < 4.78 is 4.63. The molecule has 0 bridgehead atoms. The SMILES string of the molecule is CCOC(=O)/C=C/C(=O)NC(=S)Nc1cccc(C(N)=O)c1. The van der Waals surface area contributed by atoms with Crippen LogP contribution in [0.3, 0.4) is 0 Å². The summed E-state index contributed by atoms with van der Waals surface area (Å²) in [5.41, 5.74) is 5.97. The molecule has 1 aromatic carbocycles. The van der Waals surface area contributed by atoms with E-state index >= 15 is 0 Å². The number of esters is 1. The van der Waals surface area contributed by atoms with Gasteiger partial charge in [-0.3, -0.25) is 14.9 Å². The molecule has 0 aliphatic heterocycles. The first-order valence-corrected chi connectivity index (χ1v) is 6.70. The molecule has 22 heavy (non-hydrogen) atoms. The monoisotopic (exact) mass is 321 g/mol. The lowest BCUT2D eigenvalue weighted by Crippen LogP contribution is -2.33. The smallest absolute Gasteiger partial charge is 0.330 e. The normalized spacial score (nSPS) is 10.0. The molecule has 0 heterocycles. The highest BCUT2D eigenvalue weighted by Crippen LogP contribution is 2.09. The zero-order valence-electron chi connectivity index (χ0n) is 11.8. The molecular weight excluding hydrogens is 306 g/mol. The predicted molar refractivity (Wildman–Crippen MR) is 85.1 cm³/mol. The van der Waals surface area contributed by atoms with Crippen LogP contribution in [0.25, 0.3) is 0 Å². The van der Waals surface area contributed by atoms with Crippen molar-refractivity contribution < 1.29 is 19.1 Å². The number of hydrogen-bond donors (Lipinski definition) is 3. The number of benzene rings is 1. The van der Waals surface area contributed by atoms with E-state index in [9.17, 15) is 14.4 Å². The largest absolute Gasteiger partial charge is 0.463 e. The fourth-order valence-electron chi connectivity index (χ4n) is 1.40. The van der Waals surface area contributed by atoms with Gasteiger partial charge in [0, 0.05) is 23.4 Å². The van der Waals surface area contributed by atoms with Crippen LogP contribution in [-0.2, 0) is 14.3 Å². The quantitative estimate of drug-likeness (QED) is 0.419. The number of nitrogens with one attached hydrogen (secondary N) is 2. The van der Waals surface area contributed by atoms with Crippen molar-refractivity contribution in [3.8, 4) is 0 Å². The lowest BCUT2D eigenvalue weighted by molar-refractivity contribution is -0.137. The van der Waals surface area contributed by atoms with Crippen LogP contribution in [-0.4, -0.2) is 29.5 Å². The van der Waals surface area contributed by atoms with Crippen LogP contribution in [0.1, 0.15) is 17.3 Å². The Bertz CT molecular complexity index is 628. The molecule has 7 nitrogen and oxygen atoms in total. The number of anilines is 1. The van der Waals surface area contributed by atoms with Crippen LogP contribution < -0.4 is 16.4 Å². The molecule has 0 aliphatic rings. The zero-order chi connectivity index (χ0) is 16.5. The summed E-state index contributed by atoms with van der Waals surface area (Å²) >= 11 is 4.94. The van der Waals surface area contributed by atoms with E-state index in [2.05, 4.69) is 15.4 Å². The number of ether oxygens (including phenoxy) is 1. The third kappa shape index (κ3) is 6.14. The van der Waals surface area contributed by atoms with E-state index in [1.54, 1.807) is 25.1 Å². The molecule has 116 valence electrons. The Balaban J connectivity index is 2.56. The molecule has 0 aliphatic carbocycles. The number of nitrogens with two attached hydrogens (primary N) is 1. The molecule has 8 heteroatoms. The molecular formula is C14H15N3O4S. The summed E-state index contributed by atoms with van der Waals surface area (Å²) in [5, 5.41) is 5.08. The van der Waals surface area contributed by atoms with Crippen LogP contribution in [0, 0.1) is 0 Å². The lowest BCUT2D eigenvalue weighted by Gasteiger charge is -2.08. The standard InChI is InChI=1S/C14H15N3O4S/c1-2-21-12(19)7-6-11(18)17-14(22)16-10-5-3-4-9(8-10)13(15)20/h3-8H,2H2,1H3,(H2,15,20)(H2,16,17,18,22)/b7-6+. The number of thiocarbonyl (C=S) groups is 1. The Morgan fingerprint density at radius 2 is 2.05 bits per heavy atom. The highest BCUT2D eigenvalue weighted by atomic mass is 32.1. The molecule has 4 N–H and O–H groups in total. The summed E-state index contributed by atoms with van der Waals surface area (Å²) in [6.45, 7) is 1.88. The minimum atomic E-state index is -0.620. The molecule has 0 unspecified atom stereocenters. The zero-order valence-corrected chi connectivity index (χ0v) is 12.6. The molecule has 0 atom stereocenters. The van der Waals surface area contributed by atoms with Crippen molar-refractivity contribution in [1.82, 2.24) is 5.32 Å². The average molecular weight is 321 g/mol. The molecule has 1 rings (SSSR count). The molecule has 2 amide bonds. The van der Waals surface area contributed by atoms with Crippen LogP contribution in [0.15, 0.2) is 36.4 Å². The Morgan fingerprint density at radius 3 is 2.68 bits per heavy atom. The summed E-state index contributed by atoms with van der Waals surface area (Å²) in [4.78, 5) is 33.6. The molecule has 0 aromatic heterocycles. The topological polar surface area (TPSA) is 111 Å². The highest BCUT2D eigenvalue weighted by Gasteiger charge is 2.05. The van der Waals surface area contributed by atoms with Crippen molar-refractivity contribution in [2.24, 2.45) is 5.73 Å². The van der Waals surface area contributed by atoms with Gasteiger partial charge in [0.05, 0.1) is 6.61 Å². The Morgan fingerprint density at radius 1 is 1.32 bits per heavy atom. The number of rotatable bonds is 5. The summed E-state index contributed by atoms with van der Waals surface area (Å²) in [6.07, 6.45) is 2.00. The maximum absolute atomic E-state index is 11.5. The second kappa shape index (κ2) is 8.53. The number of carbonyl (C=O) groups is 3. The van der Waals surface area contributed by atoms with Crippen molar-refractivity contribution in [2.45, 2.75) is 6.92 Å². The van der Waals surface area contributed by atoms with Gasteiger partial charge in [-0.05, 0) is 37.3 Å². The minimum Gasteiger partial charge on any atom is -0.463 e. The Labute approximate surface area is 132 Å². The van der Waals surface area contributed by atoms with Crippen LogP contribution in [0.5, 0.6) is 0 Å². The van der Waals surface area contributed by atoms with Crippen molar-refractivity contribution in [3.63, 3.8) is 0 Å². The van der Waals surface area contributed by atoms with Crippen molar-refractivity contribution in [1.29, 1.82) is 0 Å². The number of primary amides is 1. The van der Waals surface area contributed by atoms with Crippen molar-refractivity contribution in [2.75, 3.05) is 11.9 Å². The van der Waals surface area contributed by atoms with Gasteiger partial charge in [-0.25, -0.2) is 4.79 Å². The van der Waals surface area contributed by atoms with Crippen molar-refractivity contribution in [3.05, 3.63) is 42.0 Å². The first-order valence-electron chi connectivity index (χ1n) is 6.29. The number of amides is 2. The predicted octanol–water partition coefficient (Wildman–Crippen LogP) is 0.718. The van der Waals surface area contributed by atoms with Crippen LogP contribution >= 0.6 is 12.2 Å². The fourth-order valence-corrected chi connectivity index (χ4v) is 1.62. The summed E-state index contributed by atoms with van der Waals surface area (Å²) in [5.74, 6) is -1.78. The molecule has 0 radical (unpaired) electrons. The minimum absolute atomic E-state index is 0.0140. The summed E-state index contributed by atoms with van der Waals surface area (Å²) in [7, 11) is 0. The van der Waals surface area contributed by atoms with Gasteiger partial charge in [0.25, 0.3) is 0 Å². The Hall–Kier alpha value is -2.74. The van der Waals surface area contributed by atoms with Gasteiger partial charge in [-0.15, -0.1) is 0 Å². The van der Waals surface area contributed by atoms with Gasteiger partial charge in [-0.2, -0.15) is 0 Å². The molecule has 0 saturated carbocycles. The highest BCUT2D eigenvalue weighted by molar-refractivity contribution is 7.80. The van der Waals surface area contributed by atoms with Crippen molar-refractivity contribution >= 4 is 40.8 Å². The van der Waals surface area contributed by atoms with E-state index in [0.29, 0.717) is 11.3 Å². The average Bonchev–Trinajstić information content (AvgIpc) is 2.45. The van der Waals surface area contributed by atoms with Gasteiger partial charge in [0.15, 0.2) is 5.11 Å². The maximum Gasteiger partial charge on any atom is 0.330 e. The molecule has 0 saturated heterocycles. The second-order valence-electron chi connectivity index (χ2n) is 3.97. The van der Waals surface area contributed by atoms with Gasteiger partial charge < -0.3 is 15.8 Å². The summed E-state index contributed by atoms with van der Waals surface area (Å²) in [6, 6.07) is 6.32. The van der Waals surface area contributed by atoms with E-state index in [0.717, 1.165) is 12.2 Å². The number of carbonyl (C=O) groups excluding carboxylic acids is 3. The Kier molecular flexibility index (Phi) is 6.71. The maximum atomic E-state index is 11.5. The first-order chi connectivity index (χ1) is 10.4.